The highest BCUT2D eigenvalue weighted by molar-refractivity contribution is 7.80. The van der Waals surface area contributed by atoms with Crippen LogP contribution in [-0.4, -0.2) is 10.8 Å². The number of thiocarbonyl (C=S) groups is 1. The number of benzene rings is 1. The van der Waals surface area contributed by atoms with Gasteiger partial charge in [0, 0.05) is 5.02 Å². The normalized spacial score (nSPS) is 31.5. The predicted octanol–water partition coefficient (Wildman–Crippen LogP) is 4.08. The van der Waals surface area contributed by atoms with Crippen LogP contribution in [0.4, 0.5) is 5.69 Å². The summed E-state index contributed by atoms with van der Waals surface area (Å²) in [5.41, 5.74) is 4.82. The van der Waals surface area contributed by atoms with Crippen LogP contribution >= 0.6 is 23.8 Å². The molecule has 0 amide bonds. The maximum atomic E-state index is 5.97. The fourth-order valence-corrected chi connectivity index (χ4v) is 4.55. The number of nitrogens with zero attached hydrogens (tertiary/aromatic N) is 1. The first-order chi connectivity index (χ1) is 9.79. The molecular weight excluding hydrogens is 302 g/mol. The van der Waals surface area contributed by atoms with Gasteiger partial charge in [-0.1, -0.05) is 32.4 Å². The van der Waals surface area contributed by atoms with Gasteiger partial charge in [-0.3, -0.25) is 5.01 Å². The summed E-state index contributed by atoms with van der Waals surface area (Å²) in [6.07, 6.45) is 3.40. The number of hydrogen-bond acceptors (Lipinski definition) is 2. The number of hydrazine groups is 1. The molecular formula is C16H22ClN3S. The Morgan fingerprint density at radius 1 is 1.24 bits per heavy atom. The Hall–Kier alpha value is -0.840. The van der Waals surface area contributed by atoms with Crippen molar-refractivity contribution in [3.63, 3.8) is 0 Å². The first-order valence-corrected chi connectivity index (χ1v) is 8.23. The maximum Gasteiger partial charge on any atom is 0.189 e. The molecule has 1 aromatic rings. The van der Waals surface area contributed by atoms with Gasteiger partial charge in [0.1, 0.15) is 5.66 Å². The van der Waals surface area contributed by atoms with E-state index in [1.165, 1.54) is 6.42 Å². The van der Waals surface area contributed by atoms with E-state index in [1.807, 2.05) is 29.3 Å². The summed E-state index contributed by atoms with van der Waals surface area (Å²) in [7, 11) is 0. The molecule has 3 rings (SSSR count). The Bertz CT molecular complexity index is 557. The molecule has 1 saturated heterocycles. The zero-order valence-electron chi connectivity index (χ0n) is 12.7. The largest absolute Gasteiger partial charge is 0.342 e. The second kappa shape index (κ2) is 5.11. The highest BCUT2D eigenvalue weighted by Gasteiger charge is 2.48. The molecule has 1 heterocycles. The van der Waals surface area contributed by atoms with Gasteiger partial charge in [0.05, 0.1) is 5.69 Å². The number of hydrogen-bond donors (Lipinski definition) is 2. The number of nitrogens with one attached hydrogen (secondary N) is 2. The van der Waals surface area contributed by atoms with E-state index < -0.39 is 0 Å². The van der Waals surface area contributed by atoms with Crippen LogP contribution in [0.2, 0.25) is 5.02 Å². The zero-order chi connectivity index (χ0) is 15.3. The molecule has 1 aliphatic heterocycles. The molecule has 0 aromatic heterocycles. The van der Waals surface area contributed by atoms with Gasteiger partial charge in [0.2, 0.25) is 0 Å². The molecule has 2 aliphatic rings. The summed E-state index contributed by atoms with van der Waals surface area (Å²) in [5.74, 6) is 0.668. The van der Waals surface area contributed by atoms with Crippen molar-refractivity contribution in [2.75, 3.05) is 5.01 Å². The van der Waals surface area contributed by atoms with E-state index in [2.05, 4.69) is 31.5 Å². The van der Waals surface area contributed by atoms with Gasteiger partial charge in [-0.25, -0.2) is 5.43 Å². The van der Waals surface area contributed by atoms with E-state index in [1.54, 1.807) is 0 Å². The van der Waals surface area contributed by atoms with Gasteiger partial charge in [0.15, 0.2) is 5.11 Å². The summed E-state index contributed by atoms with van der Waals surface area (Å²) in [5, 5.41) is 6.98. The predicted molar refractivity (Wildman–Crippen MR) is 92.3 cm³/mol. The molecule has 0 radical (unpaired) electrons. The lowest BCUT2D eigenvalue weighted by atomic mass is 9.68. The molecule has 2 fully saturated rings. The summed E-state index contributed by atoms with van der Waals surface area (Å²) >= 11 is 11.5. The van der Waals surface area contributed by atoms with Crippen molar-refractivity contribution in [1.82, 2.24) is 10.7 Å². The fraction of sp³-hybridized carbons (Fsp3) is 0.562. The Balaban J connectivity index is 1.85. The van der Waals surface area contributed by atoms with E-state index in [9.17, 15) is 0 Å². The smallest absolute Gasteiger partial charge is 0.189 e. The molecule has 2 atom stereocenters. The third-order valence-electron chi connectivity index (χ3n) is 4.34. The standard InChI is InChI=1S/C16H22ClN3S/c1-11-8-15(2,3)10-16(9-11)18-14(21)20(19-16)13-6-4-12(17)5-7-13/h4-7,11,19H,8-10H2,1-3H3,(H,18,21). The van der Waals surface area contributed by atoms with Crippen LogP contribution in [0.5, 0.6) is 0 Å². The zero-order valence-corrected chi connectivity index (χ0v) is 14.3. The third-order valence-corrected chi connectivity index (χ3v) is 4.87. The Morgan fingerprint density at radius 2 is 1.90 bits per heavy atom. The molecule has 1 saturated carbocycles. The van der Waals surface area contributed by atoms with Crippen LogP contribution in [-0.2, 0) is 0 Å². The van der Waals surface area contributed by atoms with E-state index >= 15 is 0 Å². The fourth-order valence-electron chi connectivity index (χ4n) is 4.08. The average Bonchev–Trinajstić information content (AvgIpc) is 2.63. The Morgan fingerprint density at radius 3 is 2.52 bits per heavy atom. The minimum Gasteiger partial charge on any atom is -0.342 e. The van der Waals surface area contributed by atoms with E-state index in [0.29, 0.717) is 11.3 Å². The lowest BCUT2D eigenvalue weighted by Crippen LogP contribution is -2.57. The Labute approximate surface area is 137 Å². The van der Waals surface area contributed by atoms with Crippen LogP contribution in [0.1, 0.15) is 40.0 Å². The maximum absolute atomic E-state index is 5.97. The molecule has 3 nitrogen and oxygen atoms in total. The van der Waals surface area contributed by atoms with Gasteiger partial charge < -0.3 is 5.32 Å². The lowest BCUT2D eigenvalue weighted by molar-refractivity contribution is 0.0828. The molecule has 2 N–H and O–H groups in total. The molecule has 0 bridgehead atoms. The van der Waals surface area contributed by atoms with Crippen LogP contribution < -0.4 is 15.8 Å². The quantitative estimate of drug-likeness (QED) is 0.761. The van der Waals surface area contributed by atoms with Gasteiger partial charge in [-0.15, -0.1) is 0 Å². The second-order valence-electron chi connectivity index (χ2n) is 7.29. The number of halogens is 1. The van der Waals surface area contributed by atoms with Crippen LogP contribution in [0, 0.1) is 11.3 Å². The molecule has 1 aliphatic carbocycles. The van der Waals surface area contributed by atoms with Crippen molar-refractivity contribution >= 4 is 34.6 Å². The minimum atomic E-state index is -0.127. The van der Waals surface area contributed by atoms with Crippen molar-refractivity contribution in [3.8, 4) is 0 Å². The van der Waals surface area contributed by atoms with E-state index in [4.69, 9.17) is 23.8 Å². The van der Waals surface area contributed by atoms with Gasteiger partial charge in [0.25, 0.3) is 0 Å². The minimum absolute atomic E-state index is 0.127. The SMILES string of the molecule is CC1CC(C)(C)CC2(C1)NC(=S)N(c1ccc(Cl)cc1)N2. The topological polar surface area (TPSA) is 27.3 Å². The van der Waals surface area contributed by atoms with Crippen molar-refractivity contribution in [2.24, 2.45) is 11.3 Å². The molecule has 1 aromatic carbocycles. The van der Waals surface area contributed by atoms with Crippen LogP contribution in [0.3, 0.4) is 0 Å². The van der Waals surface area contributed by atoms with Gasteiger partial charge in [-0.2, -0.15) is 0 Å². The molecule has 2 unspecified atom stereocenters. The van der Waals surface area contributed by atoms with E-state index in [0.717, 1.165) is 28.7 Å². The molecule has 5 heteroatoms. The highest BCUT2D eigenvalue weighted by Crippen LogP contribution is 2.44. The summed E-state index contributed by atoms with van der Waals surface area (Å²) in [4.78, 5) is 0. The van der Waals surface area contributed by atoms with Crippen molar-refractivity contribution in [3.05, 3.63) is 29.3 Å². The first-order valence-electron chi connectivity index (χ1n) is 7.44. The number of rotatable bonds is 1. The highest BCUT2D eigenvalue weighted by atomic mass is 35.5. The molecule has 114 valence electrons. The first kappa shape index (κ1) is 15.1. The van der Waals surface area contributed by atoms with E-state index in [-0.39, 0.29) is 5.66 Å². The number of anilines is 1. The van der Waals surface area contributed by atoms with Crippen LogP contribution in [0.25, 0.3) is 0 Å². The summed E-state index contributed by atoms with van der Waals surface area (Å²) in [6.45, 7) is 6.99. The second-order valence-corrected chi connectivity index (χ2v) is 8.11. The monoisotopic (exact) mass is 323 g/mol. The van der Waals surface area contributed by atoms with Crippen LogP contribution in [0.15, 0.2) is 24.3 Å². The third kappa shape index (κ3) is 3.03. The van der Waals surface area contributed by atoms with Crippen molar-refractivity contribution in [1.29, 1.82) is 0 Å². The molecule has 21 heavy (non-hydrogen) atoms. The van der Waals surface area contributed by atoms with Crippen molar-refractivity contribution in [2.45, 2.75) is 45.7 Å². The Kier molecular flexibility index (Phi) is 3.67. The van der Waals surface area contributed by atoms with Gasteiger partial charge >= 0.3 is 0 Å². The average molecular weight is 324 g/mol. The van der Waals surface area contributed by atoms with Crippen molar-refractivity contribution < 1.29 is 0 Å². The molecule has 1 spiro atoms. The summed E-state index contributed by atoms with van der Waals surface area (Å²) < 4.78 is 0. The lowest BCUT2D eigenvalue weighted by Gasteiger charge is -2.45. The van der Waals surface area contributed by atoms with Gasteiger partial charge in [-0.05, 0) is 67.1 Å². The summed E-state index contributed by atoms with van der Waals surface area (Å²) in [6, 6.07) is 7.75.